The Morgan fingerprint density at radius 1 is 1.30 bits per heavy atom. The van der Waals surface area contributed by atoms with Crippen LogP contribution in [0, 0.1) is 0 Å². The van der Waals surface area contributed by atoms with Crippen LogP contribution in [0.15, 0.2) is 24.3 Å². The van der Waals surface area contributed by atoms with Gasteiger partial charge in [0, 0.05) is 4.83 Å². The molecule has 0 aliphatic rings. The number of rotatable bonds is 9. The van der Waals surface area contributed by atoms with Crippen molar-refractivity contribution in [3.63, 3.8) is 0 Å². The molecule has 1 aromatic rings. The number of methoxy groups -OCH3 is 1. The number of hydrogen-bond donors (Lipinski definition) is 0. The van der Waals surface area contributed by atoms with Crippen molar-refractivity contribution in [3.05, 3.63) is 29.8 Å². The van der Waals surface area contributed by atoms with E-state index in [4.69, 9.17) is 9.47 Å². The van der Waals surface area contributed by atoms with Crippen molar-refractivity contribution < 1.29 is 14.3 Å². The topological polar surface area (TPSA) is 35.5 Å². The van der Waals surface area contributed by atoms with Crippen molar-refractivity contribution in [1.29, 1.82) is 0 Å². The summed E-state index contributed by atoms with van der Waals surface area (Å²) in [6, 6.07) is 5.62. The molecule has 4 heteroatoms. The fraction of sp³-hybridized carbons (Fsp3) is 0.438. The fourth-order valence-electron chi connectivity index (χ4n) is 1.81. The molecule has 0 bridgehead atoms. The maximum absolute atomic E-state index is 10.3. The van der Waals surface area contributed by atoms with Crippen molar-refractivity contribution in [1.82, 2.24) is 0 Å². The number of ether oxygens (including phenoxy) is 2. The van der Waals surface area contributed by atoms with Gasteiger partial charge in [0.15, 0.2) is 11.5 Å². The highest BCUT2D eigenvalue weighted by molar-refractivity contribution is 9.09. The predicted molar refractivity (Wildman–Crippen MR) is 85.8 cm³/mol. The molecule has 0 aliphatic heterocycles. The van der Waals surface area contributed by atoms with Crippen molar-refractivity contribution in [3.8, 4) is 11.5 Å². The van der Waals surface area contributed by atoms with Crippen LogP contribution in [0.1, 0.15) is 31.7 Å². The Balaban J connectivity index is 2.61. The molecule has 3 nitrogen and oxygen atoms in total. The zero-order chi connectivity index (χ0) is 14.8. The first-order valence-electron chi connectivity index (χ1n) is 6.78. The third kappa shape index (κ3) is 5.78. The highest BCUT2D eigenvalue weighted by Crippen LogP contribution is 2.29. The largest absolute Gasteiger partial charge is 0.493 e. The second-order valence-electron chi connectivity index (χ2n) is 4.43. The molecule has 0 fully saturated rings. The lowest BCUT2D eigenvalue weighted by atomic mass is 10.2. The first-order valence-corrected chi connectivity index (χ1v) is 7.69. The Bertz CT molecular complexity index is 443. The molecule has 0 amide bonds. The van der Waals surface area contributed by atoms with Crippen molar-refractivity contribution >= 4 is 28.3 Å². The van der Waals surface area contributed by atoms with Crippen molar-refractivity contribution in [2.45, 2.75) is 31.0 Å². The first kappa shape index (κ1) is 16.8. The average molecular weight is 341 g/mol. The van der Waals surface area contributed by atoms with E-state index in [0.717, 1.165) is 36.9 Å². The summed E-state index contributed by atoms with van der Waals surface area (Å²) in [5.41, 5.74) is 0.908. The van der Waals surface area contributed by atoms with Gasteiger partial charge in [-0.15, -0.1) is 0 Å². The lowest BCUT2D eigenvalue weighted by molar-refractivity contribution is -0.104. The summed E-state index contributed by atoms with van der Waals surface area (Å²) in [4.78, 5) is 10.8. The van der Waals surface area contributed by atoms with E-state index in [0.29, 0.717) is 17.2 Å². The maximum atomic E-state index is 10.3. The van der Waals surface area contributed by atoms with Gasteiger partial charge < -0.3 is 9.47 Å². The second kappa shape index (κ2) is 9.59. The first-order chi connectivity index (χ1) is 9.71. The van der Waals surface area contributed by atoms with Gasteiger partial charge in [-0.25, -0.2) is 0 Å². The van der Waals surface area contributed by atoms with Gasteiger partial charge in [-0.2, -0.15) is 0 Å². The molecule has 1 unspecified atom stereocenters. The third-order valence-corrected chi connectivity index (χ3v) is 3.76. The molecule has 1 rings (SSSR count). The molecule has 0 spiro atoms. The van der Waals surface area contributed by atoms with Gasteiger partial charge in [-0.1, -0.05) is 41.4 Å². The van der Waals surface area contributed by atoms with E-state index in [9.17, 15) is 4.79 Å². The van der Waals surface area contributed by atoms with E-state index in [1.807, 2.05) is 18.2 Å². The van der Waals surface area contributed by atoms with Gasteiger partial charge in [0.1, 0.15) is 6.29 Å². The van der Waals surface area contributed by atoms with Crippen LogP contribution in [0.25, 0.3) is 6.08 Å². The SMILES string of the molecule is CCCC(Br)CCOc1ccc(/C=C/C=O)cc1OC. The smallest absolute Gasteiger partial charge is 0.161 e. The molecule has 0 saturated heterocycles. The minimum atomic E-state index is 0.494. The number of hydrogen-bond acceptors (Lipinski definition) is 3. The van der Waals surface area contributed by atoms with E-state index in [2.05, 4.69) is 22.9 Å². The minimum absolute atomic E-state index is 0.494. The monoisotopic (exact) mass is 340 g/mol. The zero-order valence-electron chi connectivity index (χ0n) is 12.0. The van der Waals surface area contributed by atoms with Crippen LogP contribution in [0.2, 0.25) is 0 Å². The third-order valence-electron chi connectivity index (χ3n) is 2.85. The Morgan fingerprint density at radius 3 is 2.75 bits per heavy atom. The van der Waals surface area contributed by atoms with Gasteiger partial charge in [-0.3, -0.25) is 4.79 Å². The number of halogens is 1. The van der Waals surface area contributed by atoms with Crippen molar-refractivity contribution in [2.24, 2.45) is 0 Å². The predicted octanol–water partition coefficient (Wildman–Crippen LogP) is 4.24. The molecule has 1 aromatic carbocycles. The van der Waals surface area contributed by atoms with Gasteiger partial charge >= 0.3 is 0 Å². The number of aldehydes is 1. The number of benzene rings is 1. The van der Waals surface area contributed by atoms with Gasteiger partial charge in [0.2, 0.25) is 0 Å². The van der Waals surface area contributed by atoms with Crippen LogP contribution in [-0.2, 0) is 4.79 Å². The summed E-state index contributed by atoms with van der Waals surface area (Å²) in [7, 11) is 1.61. The molecule has 0 heterocycles. The summed E-state index contributed by atoms with van der Waals surface area (Å²) in [6.45, 7) is 2.82. The quantitative estimate of drug-likeness (QED) is 0.383. The Morgan fingerprint density at radius 2 is 2.10 bits per heavy atom. The molecular formula is C16H21BrO3. The summed E-state index contributed by atoms with van der Waals surface area (Å²) in [6.07, 6.45) is 7.21. The summed E-state index contributed by atoms with van der Waals surface area (Å²) >= 11 is 3.63. The molecular weight excluding hydrogens is 320 g/mol. The summed E-state index contributed by atoms with van der Waals surface area (Å²) < 4.78 is 11.1. The molecule has 0 saturated carbocycles. The fourth-order valence-corrected chi connectivity index (χ4v) is 2.46. The van der Waals surface area contributed by atoms with Gasteiger partial charge in [-0.05, 0) is 36.6 Å². The second-order valence-corrected chi connectivity index (χ2v) is 5.72. The molecule has 0 aliphatic carbocycles. The molecule has 110 valence electrons. The Kier molecular flexibility index (Phi) is 8.04. The standard InChI is InChI=1S/C16H21BrO3/c1-3-5-14(17)9-11-20-15-8-7-13(6-4-10-18)12-16(15)19-2/h4,6-8,10,12,14H,3,5,9,11H2,1-2H3/b6-4+. The zero-order valence-corrected chi connectivity index (χ0v) is 13.6. The van der Waals surface area contributed by atoms with Gasteiger partial charge in [0.05, 0.1) is 13.7 Å². The normalized spacial score (nSPS) is 12.3. The lowest BCUT2D eigenvalue weighted by Crippen LogP contribution is -2.06. The van der Waals surface area contributed by atoms with Crippen LogP contribution < -0.4 is 9.47 Å². The average Bonchev–Trinajstić information content (AvgIpc) is 2.46. The number of carbonyl (C=O) groups excluding carboxylic acids is 1. The van der Waals surface area contributed by atoms with E-state index in [-0.39, 0.29) is 0 Å². The van der Waals surface area contributed by atoms with E-state index in [1.54, 1.807) is 13.2 Å². The Labute approximate surface area is 129 Å². The minimum Gasteiger partial charge on any atom is -0.493 e. The number of allylic oxidation sites excluding steroid dienone is 1. The maximum Gasteiger partial charge on any atom is 0.161 e. The Hall–Kier alpha value is -1.29. The number of alkyl halides is 1. The molecule has 20 heavy (non-hydrogen) atoms. The molecule has 0 radical (unpaired) electrons. The van der Waals surface area contributed by atoms with Crippen LogP contribution >= 0.6 is 15.9 Å². The van der Waals surface area contributed by atoms with Crippen LogP contribution in [0.4, 0.5) is 0 Å². The lowest BCUT2D eigenvalue weighted by Gasteiger charge is -2.13. The van der Waals surface area contributed by atoms with Crippen LogP contribution in [0.5, 0.6) is 11.5 Å². The molecule has 0 N–H and O–H groups in total. The van der Waals surface area contributed by atoms with E-state index < -0.39 is 0 Å². The van der Waals surface area contributed by atoms with Crippen LogP contribution in [-0.4, -0.2) is 24.8 Å². The summed E-state index contributed by atoms with van der Waals surface area (Å²) in [5, 5.41) is 0. The number of carbonyl (C=O) groups is 1. The van der Waals surface area contributed by atoms with E-state index in [1.165, 1.54) is 6.08 Å². The highest BCUT2D eigenvalue weighted by atomic mass is 79.9. The molecule has 0 aromatic heterocycles. The van der Waals surface area contributed by atoms with Gasteiger partial charge in [0.25, 0.3) is 0 Å². The highest BCUT2D eigenvalue weighted by Gasteiger charge is 2.07. The van der Waals surface area contributed by atoms with Crippen LogP contribution in [0.3, 0.4) is 0 Å². The summed E-state index contributed by atoms with van der Waals surface area (Å²) in [5.74, 6) is 1.41. The molecule has 1 atom stereocenters. The van der Waals surface area contributed by atoms with Crippen molar-refractivity contribution in [2.75, 3.05) is 13.7 Å². The van der Waals surface area contributed by atoms with E-state index >= 15 is 0 Å².